The van der Waals surface area contributed by atoms with E-state index in [0.717, 1.165) is 22.9 Å². The van der Waals surface area contributed by atoms with Gasteiger partial charge in [-0.1, -0.05) is 72.4 Å². The number of benzene rings is 2. The molecule has 0 fully saturated rings. The van der Waals surface area contributed by atoms with Crippen molar-refractivity contribution in [3.05, 3.63) is 89.0 Å². The third kappa shape index (κ3) is 4.92. The molecule has 3 aromatic rings. The molecule has 0 spiro atoms. The summed E-state index contributed by atoms with van der Waals surface area (Å²) in [4.78, 5) is 16.8. The number of hydrogen-bond acceptors (Lipinski definition) is 6. The van der Waals surface area contributed by atoms with Gasteiger partial charge < -0.3 is 11.1 Å². The summed E-state index contributed by atoms with van der Waals surface area (Å²) in [7, 11) is 0. The average molecular weight is 399 g/mol. The van der Waals surface area contributed by atoms with Crippen LogP contribution in [0.3, 0.4) is 0 Å². The van der Waals surface area contributed by atoms with Crippen LogP contribution in [0, 0.1) is 22.7 Å². The van der Waals surface area contributed by atoms with Crippen LogP contribution < -0.4 is 11.1 Å². The second kappa shape index (κ2) is 9.41. The molecular formula is C22H17N5OS. The topological polar surface area (TPSA) is 116 Å². The Hall–Kier alpha value is -3.81. The largest absolute Gasteiger partial charge is 0.383 e. The number of anilines is 1. The molecule has 0 atom stereocenters. The number of pyridine rings is 1. The van der Waals surface area contributed by atoms with Crippen molar-refractivity contribution in [2.45, 2.75) is 11.1 Å². The summed E-state index contributed by atoms with van der Waals surface area (Å²) in [6.45, 7) is 0. The number of rotatable bonds is 6. The molecule has 7 heteroatoms. The molecule has 0 aliphatic heterocycles. The van der Waals surface area contributed by atoms with E-state index < -0.39 is 0 Å². The van der Waals surface area contributed by atoms with Gasteiger partial charge in [-0.2, -0.15) is 10.5 Å². The van der Waals surface area contributed by atoms with Gasteiger partial charge in [0.25, 0.3) is 0 Å². The number of carbonyl (C=O) groups excluding carboxylic acids is 1. The van der Waals surface area contributed by atoms with Gasteiger partial charge in [-0.25, -0.2) is 4.98 Å². The third-order valence-electron chi connectivity index (χ3n) is 4.17. The van der Waals surface area contributed by atoms with E-state index in [0.29, 0.717) is 5.03 Å². The van der Waals surface area contributed by atoms with Crippen LogP contribution in [0.15, 0.2) is 71.8 Å². The maximum absolute atomic E-state index is 12.7. The van der Waals surface area contributed by atoms with E-state index in [9.17, 15) is 10.1 Å². The van der Waals surface area contributed by atoms with Gasteiger partial charge >= 0.3 is 0 Å². The molecule has 29 heavy (non-hydrogen) atoms. The number of nitrogens with two attached hydrogens (primary N) is 1. The number of aromatic nitrogens is 1. The van der Waals surface area contributed by atoms with Crippen molar-refractivity contribution in [2.24, 2.45) is 0 Å². The predicted octanol–water partition coefficient (Wildman–Crippen LogP) is 3.41. The fourth-order valence-electron chi connectivity index (χ4n) is 2.78. The normalized spacial score (nSPS) is 10.2. The summed E-state index contributed by atoms with van der Waals surface area (Å²) in [6, 6.07) is 24.4. The van der Waals surface area contributed by atoms with Crippen LogP contribution in [0.25, 0.3) is 0 Å². The summed E-state index contributed by atoms with van der Waals surface area (Å²) in [5, 5.41) is 21.7. The van der Waals surface area contributed by atoms with Crippen LogP contribution in [-0.2, 0) is 4.79 Å². The Kier molecular flexibility index (Phi) is 6.47. The van der Waals surface area contributed by atoms with E-state index >= 15 is 0 Å². The average Bonchev–Trinajstić information content (AvgIpc) is 2.77. The Morgan fingerprint density at radius 1 is 1.00 bits per heavy atom. The molecule has 0 saturated carbocycles. The standard InChI is InChI=1S/C22H17N5OS/c23-12-17-11-18(13-24)22(27-21(17)25)29-14-19(28)26-20(15-7-3-1-4-8-15)16-9-5-2-6-10-16/h1-11,20H,14H2,(H2,25,27)(H,26,28). The van der Waals surface area contributed by atoms with E-state index in [1.807, 2.05) is 72.8 Å². The zero-order valence-electron chi connectivity index (χ0n) is 15.4. The predicted molar refractivity (Wildman–Crippen MR) is 112 cm³/mol. The number of hydrogen-bond donors (Lipinski definition) is 2. The van der Waals surface area contributed by atoms with Crippen molar-refractivity contribution in [3.63, 3.8) is 0 Å². The van der Waals surface area contributed by atoms with Crippen molar-refractivity contribution >= 4 is 23.5 Å². The number of nitriles is 2. The lowest BCUT2D eigenvalue weighted by Gasteiger charge is -2.20. The Morgan fingerprint density at radius 2 is 1.55 bits per heavy atom. The minimum absolute atomic E-state index is 0.0425. The Bertz CT molecular complexity index is 1050. The second-order valence-electron chi connectivity index (χ2n) is 6.11. The van der Waals surface area contributed by atoms with Crippen LogP contribution in [-0.4, -0.2) is 16.6 Å². The molecule has 0 radical (unpaired) electrons. The summed E-state index contributed by atoms with van der Waals surface area (Å²) in [5.41, 5.74) is 8.03. The second-order valence-corrected chi connectivity index (χ2v) is 7.07. The minimum atomic E-state index is -0.292. The molecule has 2 aromatic carbocycles. The molecule has 1 heterocycles. The van der Waals surface area contributed by atoms with E-state index in [1.54, 1.807) is 0 Å². The molecule has 1 amide bonds. The lowest BCUT2D eigenvalue weighted by atomic mass is 9.99. The zero-order chi connectivity index (χ0) is 20.6. The molecule has 0 aliphatic rings. The minimum Gasteiger partial charge on any atom is -0.383 e. The van der Waals surface area contributed by atoms with Crippen LogP contribution >= 0.6 is 11.8 Å². The SMILES string of the molecule is N#Cc1cc(C#N)c(SCC(=O)NC(c2ccccc2)c2ccccc2)nc1N. The highest BCUT2D eigenvalue weighted by Crippen LogP contribution is 2.25. The fourth-order valence-corrected chi connectivity index (χ4v) is 3.55. The number of nitrogens with zero attached hydrogens (tertiary/aromatic N) is 3. The molecule has 6 nitrogen and oxygen atoms in total. The maximum atomic E-state index is 12.7. The van der Waals surface area contributed by atoms with Crippen molar-refractivity contribution < 1.29 is 4.79 Å². The first-order chi connectivity index (χ1) is 14.1. The van der Waals surface area contributed by atoms with Gasteiger partial charge in [-0.05, 0) is 17.2 Å². The fraction of sp³-hybridized carbons (Fsp3) is 0.0909. The van der Waals surface area contributed by atoms with Crippen LogP contribution in [0.1, 0.15) is 28.3 Å². The van der Waals surface area contributed by atoms with E-state index in [-0.39, 0.29) is 34.6 Å². The van der Waals surface area contributed by atoms with Gasteiger partial charge in [0.2, 0.25) is 5.91 Å². The number of carbonyl (C=O) groups is 1. The number of amides is 1. The molecule has 0 aliphatic carbocycles. The number of nitrogens with one attached hydrogen (secondary N) is 1. The van der Waals surface area contributed by atoms with Gasteiger partial charge in [0.15, 0.2) is 0 Å². The highest BCUT2D eigenvalue weighted by Gasteiger charge is 2.18. The smallest absolute Gasteiger partial charge is 0.231 e. The Labute approximate surface area is 173 Å². The van der Waals surface area contributed by atoms with Crippen LogP contribution in [0.5, 0.6) is 0 Å². The maximum Gasteiger partial charge on any atom is 0.231 e. The van der Waals surface area contributed by atoms with Crippen molar-refractivity contribution in [1.29, 1.82) is 10.5 Å². The number of thioether (sulfide) groups is 1. The third-order valence-corrected chi connectivity index (χ3v) is 5.16. The van der Waals surface area contributed by atoms with E-state index in [2.05, 4.69) is 10.3 Å². The monoisotopic (exact) mass is 399 g/mol. The first-order valence-electron chi connectivity index (χ1n) is 8.75. The molecule has 3 N–H and O–H groups in total. The summed E-state index contributed by atoms with van der Waals surface area (Å²) in [5.74, 6) is -0.106. The summed E-state index contributed by atoms with van der Waals surface area (Å²) < 4.78 is 0. The summed E-state index contributed by atoms with van der Waals surface area (Å²) in [6.07, 6.45) is 0. The van der Waals surface area contributed by atoms with Crippen LogP contribution in [0.4, 0.5) is 5.82 Å². The zero-order valence-corrected chi connectivity index (χ0v) is 16.2. The van der Waals surface area contributed by atoms with Crippen molar-refractivity contribution in [2.75, 3.05) is 11.5 Å². The molecule has 1 aromatic heterocycles. The van der Waals surface area contributed by atoms with Gasteiger partial charge in [-0.3, -0.25) is 4.79 Å². The molecule has 0 bridgehead atoms. The van der Waals surface area contributed by atoms with E-state index in [4.69, 9.17) is 11.0 Å². The first kappa shape index (κ1) is 19.9. The highest BCUT2D eigenvalue weighted by atomic mass is 32.2. The molecule has 3 rings (SSSR count). The van der Waals surface area contributed by atoms with Gasteiger partial charge in [0, 0.05) is 0 Å². The quantitative estimate of drug-likeness (QED) is 0.614. The lowest BCUT2D eigenvalue weighted by molar-refractivity contribution is -0.119. The van der Waals surface area contributed by atoms with Crippen LogP contribution in [0.2, 0.25) is 0 Å². The van der Waals surface area contributed by atoms with Crippen molar-refractivity contribution in [1.82, 2.24) is 10.3 Å². The molecular weight excluding hydrogens is 382 g/mol. The Balaban J connectivity index is 1.76. The highest BCUT2D eigenvalue weighted by molar-refractivity contribution is 8.00. The summed E-state index contributed by atoms with van der Waals surface area (Å²) >= 11 is 1.11. The molecule has 0 saturated heterocycles. The molecule has 0 unspecified atom stereocenters. The van der Waals surface area contributed by atoms with Gasteiger partial charge in [0.05, 0.1) is 22.9 Å². The first-order valence-corrected chi connectivity index (χ1v) is 9.73. The Morgan fingerprint density at radius 3 is 2.07 bits per heavy atom. The lowest BCUT2D eigenvalue weighted by Crippen LogP contribution is -2.30. The van der Waals surface area contributed by atoms with E-state index in [1.165, 1.54) is 6.07 Å². The number of nitrogen functional groups attached to an aromatic ring is 1. The van der Waals surface area contributed by atoms with Gasteiger partial charge in [-0.15, -0.1) is 0 Å². The van der Waals surface area contributed by atoms with Crippen molar-refractivity contribution in [3.8, 4) is 12.1 Å². The molecule has 142 valence electrons. The van der Waals surface area contributed by atoms with Gasteiger partial charge in [0.1, 0.15) is 23.0 Å².